The summed E-state index contributed by atoms with van der Waals surface area (Å²) in [5.41, 5.74) is 2.30. The molecule has 1 aliphatic heterocycles. The number of amides is 3. The van der Waals surface area contributed by atoms with E-state index in [1.54, 1.807) is 24.3 Å². The van der Waals surface area contributed by atoms with Crippen molar-refractivity contribution in [3.8, 4) is 0 Å². The van der Waals surface area contributed by atoms with Crippen molar-refractivity contribution in [1.82, 2.24) is 4.90 Å². The molecule has 0 aromatic heterocycles. The molecule has 0 unspecified atom stereocenters. The Bertz CT molecular complexity index is 873. The Kier molecular flexibility index (Phi) is 5.13. The summed E-state index contributed by atoms with van der Waals surface area (Å²) in [4.78, 5) is 39.5. The van der Waals surface area contributed by atoms with E-state index in [0.29, 0.717) is 16.8 Å². The van der Waals surface area contributed by atoms with Gasteiger partial charge in [0.05, 0.1) is 11.1 Å². The highest BCUT2D eigenvalue weighted by molar-refractivity contribution is 14.1. The number of nitrogens with one attached hydrogen (secondary N) is 1. The summed E-state index contributed by atoms with van der Waals surface area (Å²) in [5, 5.41) is 2.88. The monoisotopic (exact) mass is 462 g/mol. The Morgan fingerprint density at radius 1 is 1.04 bits per heavy atom. The third-order valence-electron chi connectivity index (χ3n) is 4.45. The van der Waals surface area contributed by atoms with Crippen LogP contribution in [0.5, 0.6) is 0 Å². The van der Waals surface area contributed by atoms with Crippen LogP contribution in [-0.2, 0) is 4.79 Å². The lowest BCUT2D eigenvalue weighted by molar-refractivity contribution is -0.121. The Hall–Kier alpha value is -2.22. The minimum Gasteiger partial charge on any atom is -0.324 e. The number of halogens is 1. The van der Waals surface area contributed by atoms with Gasteiger partial charge in [-0.05, 0) is 71.3 Å². The topological polar surface area (TPSA) is 66.5 Å². The average molecular weight is 462 g/mol. The van der Waals surface area contributed by atoms with E-state index in [9.17, 15) is 14.4 Å². The third kappa shape index (κ3) is 3.25. The molecule has 1 atom stereocenters. The normalized spacial score (nSPS) is 14.6. The zero-order valence-corrected chi connectivity index (χ0v) is 16.9. The number of aryl methyl sites for hydroxylation is 1. The molecule has 5 nitrogen and oxygen atoms in total. The predicted molar refractivity (Wildman–Crippen MR) is 108 cm³/mol. The molecule has 0 bridgehead atoms. The van der Waals surface area contributed by atoms with Gasteiger partial charge < -0.3 is 5.32 Å². The van der Waals surface area contributed by atoms with Crippen LogP contribution in [0, 0.1) is 16.4 Å². The molecule has 3 rings (SSSR count). The second kappa shape index (κ2) is 7.19. The van der Waals surface area contributed by atoms with E-state index in [-0.39, 0.29) is 11.8 Å². The smallest absolute Gasteiger partial charge is 0.262 e. The third-order valence-corrected chi connectivity index (χ3v) is 5.12. The highest BCUT2D eigenvalue weighted by atomic mass is 127. The maximum atomic E-state index is 13.0. The van der Waals surface area contributed by atoms with E-state index < -0.39 is 17.9 Å². The molecule has 1 aliphatic rings. The van der Waals surface area contributed by atoms with E-state index in [1.807, 2.05) is 39.0 Å². The van der Waals surface area contributed by atoms with Crippen molar-refractivity contribution in [2.24, 2.45) is 5.92 Å². The molecule has 1 N–H and O–H groups in total. The van der Waals surface area contributed by atoms with Gasteiger partial charge in [0, 0.05) is 9.26 Å². The van der Waals surface area contributed by atoms with E-state index in [0.717, 1.165) is 14.0 Å². The molecule has 2 aromatic carbocycles. The van der Waals surface area contributed by atoms with Crippen molar-refractivity contribution >= 4 is 46.0 Å². The molecule has 26 heavy (non-hydrogen) atoms. The van der Waals surface area contributed by atoms with E-state index >= 15 is 0 Å². The van der Waals surface area contributed by atoms with Gasteiger partial charge in [0.25, 0.3) is 11.8 Å². The number of hydrogen-bond donors (Lipinski definition) is 1. The largest absolute Gasteiger partial charge is 0.324 e. The van der Waals surface area contributed by atoms with Crippen LogP contribution < -0.4 is 5.32 Å². The highest BCUT2D eigenvalue weighted by Crippen LogP contribution is 2.28. The molecule has 3 amide bonds. The number of imide groups is 1. The second-order valence-electron chi connectivity index (χ2n) is 6.66. The zero-order valence-electron chi connectivity index (χ0n) is 14.7. The molecule has 6 heteroatoms. The number of fused-ring (bicyclic) bond motifs is 1. The van der Waals surface area contributed by atoms with Crippen LogP contribution in [-0.4, -0.2) is 28.7 Å². The van der Waals surface area contributed by atoms with E-state index in [1.165, 1.54) is 0 Å². The van der Waals surface area contributed by atoms with E-state index in [2.05, 4.69) is 27.9 Å². The molecule has 0 radical (unpaired) electrons. The maximum absolute atomic E-state index is 13.0. The summed E-state index contributed by atoms with van der Waals surface area (Å²) in [6, 6.07) is 11.5. The number of hydrogen-bond acceptors (Lipinski definition) is 3. The molecular formula is C20H19IN2O3. The van der Waals surface area contributed by atoms with Gasteiger partial charge in [-0.1, -0.05) is 26.0 Å². The average Bonchev–Trinajstić information content (AvgIpc) is 2.83. The van der Waals surface area contributed by atoms with Crippen molar-refractivity contribution in [2.75, 3.05) is 5.32 Å². The Labute approximate surface area is 165 Å². The molecule has 0 saturated heterocycles. The van der Waals surface area contributed by atoms with Crippen LogP contribution >= 0.6 is 22.6 Å². The number of benzene rings is 2. The minimum absolute atomic E-state index is 0.221. The van der Waals surface area contributed by atoms with Crippen LogP contribution in [0.25, 0.3) is 0 Å². The van der Waals surface area contributed by atoms with Crippen molar-refractivity contribution in [1.29, 1.82) is 0 Å². The van der Waals surface area contributed by atoms with Gasteiger partial charge in [-0.15, -0.1) is 0 Å². The fourth-order valence-electron chi connectivity index (χ4n) is 3.15. The lowest BCUT2D eigenvalue weighted by Crippen LogP contribution is -2.50. The maximum Gasteiger partial charge on any atom is 0.262 e. The summed E-state index contributed by atoms with van der Waals surface area (Å²) >= 11 is 2.21. The van der Waals surface area contributed by atoms with Gasteiger partial charge in [-0.25, -0.2) is 0 Å². The summed E-state index contributed by atoms with van der Waals surface area (Å²) in [7, 11) is 0. The van der Waals surface area contributed by atoms with Crippen molar-refractivity contribution < 1.29 is 14.4 Å². The summed E-state index contributed by atoms with van der Waals surface area (Å²) in [5.74, 6) is -1.42. The summed E-state index contributed by atoms with van der Waals surface area (Å²) < 4.78 is 1.07. The molecule has 0 fully saturated rings. The number of carbonyl (C=O) groups is 3. The molecule has 0 saturated carbocycles. The predicted octanol–water partition coefficient (Wildman–Crippen LogP) is 3.86. The standard InChI is InChI=1S/C20H19IN2O3/c1-11(2)17(18(24)22-16-9-8-13(21)10-12(16)3)23-19(25)14-6-4-5-7-15(14)20(23)26/h4-11,17H,1-3H3,(H,22,24)/t17-/m1/s1. The van der Waals surface area contributed by atoms with Crippen molar-refractivity contribution in [3.63, 3.8) is 0 Å². The zero-order chi connectivity index (χ0) is 19.0. The molecule has 0 spiro atoms. The van der Waals surface area contributed by atoms with Gasteiger partial charge in [0.1, 0.15) is 6.04 Å². The SMILES string of the molecule is Cc1cc(I)ccc1NC(=O)[C@@H](C(C)C)N1C(=O)c2ccccc2C1=O. The Morgan fingerprint density at radius 3 is 2.12 bits per heavy atom. The first-order valence-electron chi connectivity index (χ1n) is 8.35. The lowest BCUT2D eigenvalue weighted by atomic mass is 10.0. The van der Waals surface area contributed by atoms with Gasteiger partial charge in [-0.3, -0.25) is 19.3 Å². The van der Waals surface area contributed by atoms with Crippen LogP contribution in [0.15, 0.2) is 42.5 Å². The summed E-state index contributed by atoms with van der Waals surface area (Å²) in [6.45, 7) is 5.56. The molecule has 2 aromatic rings. The quantitative estimate of drug-likeness (QED) is 0.555. The van der Waals surface area contributed by atoms with Gasteiger partial charge in [0.2, 0.25) is 5.91 Å². The number of rotatable bonds is 4. The molecule has 0 aliphatic carbocycles. The van der Waals surface area contributed by atoms with Crippen LogP contribution in [0.2, 0.25) is 0 Å². The first-order chi connectivity index (χ1) is 12.3. The Balaban J connectivity index is 1.92. The second-order valence-corrected chi connectivity index (χ2v) is 7.91. The highest BCUT2D eigenvalue weighted by Gasteiger charge is 2.43. The first-order valence-corrected chi connectivity index (χ1v) is 9.43. The molecule has 134 valence electrons. The minimum atomic E-state index is -0.874. The number of nitrogens with zero attached hydrogens (tertiary/aromatic N) is 1. The molecule has 1 heterocycles. The lowest BCUT2D eigenvalue weighted by Gasteiger charge is -2.28. The van der Waals surface area contributed by atoms with Gasteiger partial charge in [0.15, 0.2) is 0 Å². The molecular weight excluding hydrogens is 443 g/mol. The van der Waals surface area contributed by atoms with E-state index in [4.69, 9.17) is 0 Å². The van der Waals surface area contributed by atoms with Crippen molar-refractivity contribution in [3.05, 3.63) is 62.7 Å². The number of carbonyl (C=O) groups excluding carboxylic acids is 3. The van der Waals surface area contributed by atoms with Gasteiger partial charge >= 0.3 is 0 Å². The van der Waals surface area contributed by atoms with Crippen LogP contribution in [0.1, 0.15) is 40.1 Å². The van der Waals surface area contributed by atoms with Crippen LogP contribution in [0.3, 0.4) is 0 Å². The fourth-order valence-corrected chi connectivity index (χ4v) is 3.80. The van der Waals surface area contributed by atoms with Crippen LogP contribution in [0.4, 0.5) is 5.69 Å². The van der Waals surface area contributed by atoms with Gasteiger partial charge in [-0.2, -0.15) is 0 Å². The van der Waals surface area contributed by atoms with Crippen molar-refractivity contribution in [2.45, 2.75) is 26.8 Å². The number of anilines is 1. The summed E-state index contributed by atoms with van der Waals surface area (Å²) in [6.07, 6.45) is 0. The Morgan fingerprint density at radius 2 is 1.62 bits per heavy atom. The fraction of sp³-hybridized carbons (Fsp3) is 0.250. The first kappa shape index (κ1) is 18.6.